The number of rotatable bonds is 9. The van der Waals surface area contributed by atoms with Gasteiger partial charge in [-0.05, 0) is 38.0 Å². The Morgan fingerprint density at radius 3 is 2.83 bits per heavy atom. The summed E-state index contributed by atoms with van der Waals surface area (Å²) in [5, 5.41) is 6.62. The molecule has 2 aliphatic rings. The number of nitrogens with zero attached hydrogens (tertiary/aromatic N) is 2. The predicted molar refractivity (Wildman–Crippen MR) is 118 cm³/mol. The highest BCUT2D eigenvalue weighted by atomic mass is 16.5. The number of nitrogens with one attached hydrogen (secondary N) is 2. The molecule has 0 radical (unpaired) electrons. The van der Waals surface area contributed by atoms with Crippen molar-refractivity contribution >= 4 is 17.7 Å². The molecule has 0 fully saturated rings. The molecule has 1 aromatic rings. The second-order valence-electron chi connectivity index (χ2n) is 7.22. The first kappa shape index (κ1) is 21.1. The van der Waals surface area contributed by atoms with E-state index < -0.39 is 6.29 Å². The Morgan fingerprint density at radius 1 is 1.24 bits per heavy atom. The first-order valence-electron chi connectivity index (χ1n) is 10.2. The van der Waals surface area contributed by atoms with Crippen LogP contribution in [0.4, 0.5) is 5.69 Å². The standard InChI is InChI=1S/C21H32N6O2/c1-4-6-9-29-15-7-8-17(28-5-2)16(10-15)24-11-14-12-25-20-18(13(14)3)19(22)26-21(23)27-20/h7-8,10,12,18,20-21,24,27H,4-6,9,11,23H2,1-3H3,(H2,22,26). The molecule has 0 aliphatic carbocycles. The van der Waals surface area contributed by atoms with Crippen LogP contribution in [0.1, 0.15) is 33.6 Å². The molecule has 3 atom stereocenters. The number of dihydropyridines is 1. The lowest BCUT2D eigenvalue weighted by atomic mass is 9.88. The van der Waals surface area contributed by atoms with Crippen molar-refractivity contribution in [3.8, 4) is 11.5 Å². The molecular weight excluding hydrogens is 368 g/mol. The minimum Gasteiger partial charge on any atom is -0.494 e. The van der Waals surface area contributed by atoms with E-state index in [4.69, 9.17) is 20.9 Å². The summed E-state index contributed by atoms with van der Waals surface area (Å²) in [5.41, 5.74) is 15.1. The maximum atomic E-state index is 6.15. The van der Waals surface area contributed by atoms with Crippen molar-refractivity contribution in [2.75, 3.05) is 25.1 Å². The molecule has 2 heterocycles. The molecule has 0 amide bonds. The van der Waals surface area contributed by atoms with Crippen molar-refractivity contribution in [1.82, 2.24) is 5.32 Å². The normalized spacial score (nSPS) is 23.4. The molecule has 8 nitrogen and oxygen atoms in total. The summed E-state index contributed by atoms with van der Waals surface area (Å²) in [6.45, 7) is 8.08. The van der Waals surface area contributed by atoms with Crippen LogP contribution in [0.3, 0.4) is 0 Å². The van der Waals surface area contributed by atoms with Gasteiger partial charge in [0.25, 0.3) is 0 Å². The molecule has 3 unspecified atom stereocenters. The molecule has 8 heteroatoms. The topological polar surface area (TPSA) is 119 Å². The highest BCUT2D eigenvalue weighted by molar-refractivity contribution is 5.92. The Morgan fingerprint density at radius 2 is 2.07 bits per heavy atom. The predicted octanol–water partition coefficient (Wildman–Crippen LogP) is 2.22. The van der Waals surface area contributed by atoms with Gasteiger partial charge in [-0.25, -0.2) is 4.99 Å². The summed E-state index contributed by atoms with van der Waals surface area (Å²) < 4.78 is 11.6. The van der Waals surface area contributed by atoms with Crippen LogP contribution in [0.15, 0.2) is 39.3 Å². The fraction of sp³-hybridized carbons (Fsp3) is 0.524. The summed E-state index contributed by atoms with van der Waals surface area (Å²) in [6, 6.07) is 5.86. The number of benzene rings is 1. The summed E-state index contributed by atoms with van der Waals surface area (Å²) >= 11 is 0. The third-order valence-electron chi connectivity index (χ3n) is 5.11. The van der Waals surface area contributed by atoms with E-state index in [0.29, 0.717) is 25.6 Å². The van der Waals surface area contributed by atoms with Gasteiger partial charge in [-0.1, -0.05) is 18.9 Å². The number of ether oxygens (including phenoxy) is 2. The largest absolute Gasteiger partial charge is 0.494 e. The van der Waals surface area contributed by atoms with Crippen LogP contribution >= 0.6 is 0 Å². The van der Waals surface area contributed by atoms with Gasteiger partial charge in [-0.15, -0.1) is 0 Å². The van der Waals surface area contributed by atoms with E-state index >= 15 is 0 Å². The highest BCUT2D eigenvalue weighted by Gasteiger charge is 2.34. The zero-order valence-electron chi connectivity index (χ0n) is 17.4. The van der Waals surface area contributed by atoms with Crippen LogP contribution in [0.5, 0.6) is 11.5 Å². The van der Waals surface area contributed by atoms with Crippen LogP contribution in [-0.2, 0) is 0 Å². The SMILES string of the molecule is CCCCOc1ccc(OCC)c(NCC2=C(C)C3C(N)=NC(N)NC3N=C2)c1. The maximum Gasteiger partial charge on any atom is 0.154 e. The highest BCUT2D eigenvalue weighted by Crippen LogP contribution is 2.31. The number of anilines is 1. The van der Waals surface area contributed by atoms with E-state index in [2.05, 4.69) is 34.5 Å². The number of hydrogen-bond donors (Lipinski definition) is 4. The number of aliphatic imine (C=N–C) groups is 2. The molecule has 1 aromatic carbocycles. The Bertz CT molecular complexity index is 804. The Hall–Kier alpha value is -2.58. The number of unbranched alkanes of at least 4 members (excludes halogenated alkanes) is 1. The van der Waals surface area contributed by atoms with Gasteiger partial charge in [0.05, 0.1) is 24.8 Å². The fourth-order valence-electron chi connectivity index (χ4n) is 3.50. The Labute approximate surface area is 172 Å². The van der Waals surface area contributed by atoms with Gasteiger partial charge in [0.2, 0.25) is 0 Å². The summed E-state index contributed by atoms with van der Waals surface area (Å²) in [5.74, 6) is 2.07. The van der Waals surface area contributed by atoms with Crippen LogP contribution < -0.4 is 31.6 Å². The summed E-state index contributed by atoms with van der Waals surface area (Å²) in [4.78, 5) is 8.84. The van der Waals surface area contributed by atoms with E-state index in [1.165, 1.54) is 0 Å². The van der Waals surface area contributed by atoms with Crippen molar-refractivity contribution in [2.45, 2.75) is 46.1 Å². The lowest BCUT2D eigenvalue weighted by Crippen LogP contribution is -2.55. The minimum atomic E-state index is -0.509. The molecule has 2 aliphatic heterocycles. The Balaban J connectivity index is 1.75. The van der Waals surface area contributed by atoms with Gasteiger partial charge in [0.1, 0.15) is 23.5 Å². The summed E-state index contributed by atoms with van der Waals surface area (Å²) in [7, 11) is 0. The van der Waals surface area contributed by atoms with Crippen molar-refractivity contribution in [3.05, 3.63) is 29.3 Å². The van der Waals surface area contributed by atoms with E-state index in [1.54, 1.807) is 0 Å². The van der Waals surface area contributed by atoms with Gasteiger partial charge < -0.3 is 20.5 Å². The second-order valence-corrected chi connectivity index (χ2v) is 7.22. The molecule has 0 saturated heterocycles. The van der Waals surface area contributed by atoms with E-state index in [0.717, 1.165) is 41.2 Å². The minimum absolute atomic E-state index is 0.0772. The Kier molecular flexibility index (Phi) is 7.11. The lowest BCUT2D eigenvalue weighted by Gasteiger charge is -2.35. The van der Waals surface area contributed by atoms with Crippen LogP contribution in [0.2, 0.25) is 0 Å². The number of hydrogen-bond acceptors (Lipinski definition) is 8. The fourth-order valence-corrected chi connectivity index (χ4v) is 3.50. The zero-order chi connectivity index (χ0) is 20.8. The third kappa shape index (κ3) is 5.07. The van der Waals surface area contributed by atoms with Gasteiger partial charge in [-0.2, -0.15) is 0 Å². The first-order chi connectivity index (χ1) is 14.0. The van der Waals surface area contributed by atoms with Crippen LogP contribution in [0, 0.1) is 5.92 Å². The van der Waals surface area contributed by atoms with E-state index in [1.807, 2.05) is 31.3 Å². The molecule has 0 saturated carbocycles. The lowest BCUT2D eigenvalue weighted by molar-refractivity contribution is 0.307. The molecular formula is C21H32N6O2. The number of fused-ring (bicyclic) bond motifs is 1. The average molecular weight is 401 g/mol. The van der Waals surface area contributed by atoms with Crippen molar-refractivity contribution < 1.29 is 9.47 Å². The first-order valence-corrected chi connectivity index (χ1v) is 10.2. The molecule has 158 valence electrons. The van der Waals surface area contributed by atoms with E-state index in [9.17, 15) is 0 Å². The summed E-state index contributed by atoms with van der Waals surface area (Å²) in [6.07, 6.45) is 3.33. The van der Waals surface area contributed by atoms with Crippen LogP contribution in [0.25, 0.3) is 0 Å². The molecule has 0 aromatic heterocycles. The van der Waals surface area contributed by atoms with Gasteiger partial charge in [0, 0.05) is 18.8 Å². The van der Waals surface area contributed by atoms with E-state index in [-0.39, 0.29) is 12.1 Å². The molecule has 0 bridgehead atoms. The van der Waals surface area contributed by atoms with Crippen LogP contribution in [-0.4, -0.2) is 44.3 Å². The molecule has 6 N–H and O–H groups in total. The zero-order valence-corrected chi connectivity index (χ0v) is 17.4. The third-order valence-corrected chi connectivity index (χ3v) is 5.11. The van der Waals surface area contributed by atoms with Crippen molar-refractivity contribution in [2.24, 2.45) is 27.4 Å². The second kappa shape index (κ2) is 9.76. The number of nitrogens with two attached hydrogens (primary N) is 2. The van der Waals surface area contributed by atoms with Gasteiger partial charge in [0.15, 0.2) is 6.29 Å². The maximum absolute atomic E-state index is 6.15. The van der Waals surface area contributed by atoms with Crippen molar-refractivity contribution in [3.63, 3.8) is 0 Å². The average Bonchev–Trinajstić information content (AvgIpc) is 2.69. The molecule has 29 heavy (non-hydrogen) atoms. The quantitative estimate of drug-likeness (QED) is 0.472. The van der Waals surface area contributed by atoms with Gasteiger partial charge >= 0.3 is 0 Å². The smallest absolute Gasteiger partial charge is 0.154 e. The molecule has 0 spiro atoms. The molecule has 3 rings (SSSR count). The van der Waals surface area contributed by atoms with Crippen molar-refractivity contribution in [1.29, 1.82) is 0 Å². The monoisotopic (exact) mass is 400 g/mol. The van der Waals surface area contributed by atoms with Gasteiger partial charge in [-0.3, -0.25) is 16.0 Å². The number of amidine groups is 1.